The summed E-state index contributed by atoms with van der Waals surface area (Å²) < 4.78 is 20.0. The number of rotatable bonds is 8. The van der Waals surface area contributed by atoms with Crippen molar-refractivity contribution in [1.29, 1.82) is 0 Å². The minimum Gasteiger partial charge on any atom is -0.487 e. The number of carbonyl (C=O) groups is 1. The van der Waals surface area contributed by atoms with Gasteiger partial charge in [-0.05, 0) is 53.4 Å². The first kappa shape index (κ1) is 25.7. The molecule has 0 aliphatic rings. The lowest BCUT2D eigenvalue weighted by Gasteiger charge is -2.11. The Morgan fingerprint density at radius 1 is 1.11 bits per heavy atom. The number of amides is 1. The number of aromatic nitrogens is 2. The zero-order valence-electron chi connectivity index (χ0n) is 19.8. The lowest BCUT2D eigenvalue weighted by atomic mass is 10.2. The molecule has 0 aliphatic carbocycles. The summed E-state index contributed by atoms with van der Waals surface area (Å²) in [6.07, 6.45) is 1.84. The summed E-state index contributed by atoms with van der Waals surface area (Å²) in [5.74, 6) is 6.83. The number of carbonyl (C=O) groups excluding carboxylic acids is 1. The van der Waals surface area contributed by atoms with Gasteiger partial charge in [0.2, 0.25) is 5.91 Å². The third kappa shape index (κ3) is 6.66. The molecule has 0 saturated heterocycles. The second-order valence-corrected chi connectivity index (χ2v) is 10.6. The van der Waals surface area contributed by atoms with E-state index in [1.54, 1.807) is 35.6 Å². The largest absolute Gasteiger partial charge is 0.487 e. The third-order valence-corrected chi connectivity index (χ3v) is 7.51. The van der Waals surface area contributed by atoms with Crippen molar-refractivity contribution in [3.63, 3.8) is 0 Å². The molecular formula is C28H20ClFN4O2S2. The monoisotopic (exact) mass is 562 g/mol. The average Bonchev–Trinajstić information content (AvgIpc) is 3.56. The molecule has 1 amide bonds. The van der Waals surface area contributed by atoms with Crippen LogP contribution in [0.3, 0.4) is 0 Å². The third-order valence-electron chi connectivity index (χ3n) is 5.29. The number of halogens is 2. The molecule has 190 valence electrons. The van der Waals surface area contributed by atoms with Crippen LogP contribution in [-0.2, 0) is 17.8 Å². The Labute approximate surface area is 231 Å². The second-order valence-electron chi connectivity index (χ2n) is 8.07. The van der Waals surface area contributed by atoms with E-state index in [0.717, 1.165) is 25.7 Å². The molecular weight excluding hydrogens is 543 g/mol. The number of hydrogen-bond donors (Lipinski definition) is 2. The Balaban J connectivity index is 1.22. The van der Waals surface area contributed by atoms with Gasteiger partial charge in [-0.25, -0.2) is 14.4 Å². The molecule has 0 aliphatic heterocycles. The number of benzene rings is 2. The highest BCUT2D eigenvalue weighted by atomic mass is 35.5. The summed E-state index contributed by atoms with van der Waals surface area (Å²) in [6.45, 7) is 0.468. The first-order valence-electron chi connectivity index (χ1n) is 11.5. The maximum atomic E-state index is 13.4. The number of nitrogens with zero attached hydrogens (tertiary/aromatic N) is 2. The van der Waals surface area contributed by atoms with E-state index in [9.17, 15) is 9.18 Å². The van der Waals surface area contributed by atoms with Crippen molar-refractivity contribution < 1.29 is 13.9 Å². The predicted molar refractivity (Wildman–Crippen MR) is 151 cm³/mol. The second kappa shape index (κ2) is 12.0. The Morgan fingerprint density at radius 2 is 2.03 bits per heavy atom. The highest BCUT2D eigenvalue weighted by Gasteiger charge is 2.10. The van der Waals surface area contributed by atoms with Gasteiger partial charge >= 0.3 is 0 Å². The van der Waals surface area contributed by atoms with Crippen LogP contribution >= 0.6 is 34.3 Å². The number of hydrogen-bond acceptors (Lipinski definition) is 7. The van der Waals surface area contributed by atoms with Gasteiger partial charge in [-0.3, -0.25) is 4.79 Å². The number of anilines is 2. The normalized spacial score (nSPS) is 10.6. The van der Waals surface area contributed by atoms with Crippen molar-refractivity contribution in [3.05, 3.63) is 98.5 Å². The summed E-state index contributed by atoms with van der Waals surface area (Å²) in [6, 6.07) is 17.3. The fourth-order valence-corrected chi connectivity index (χ4v) is 5.40. The topological polar surface area (TPSA) is 76.1 Å². The fourth-order valence-electron chi connectivity index (χ4n) is 3.53. The van der Waals surface area contributed by atoms with E-state index in [2.05, 4.69) is 32.4 Å². The van der Waals surface area contributed by atoms with Gasteiger partial charge in [0.15, 0.2) is 5.82 Å². The number of thiophene rings is 2. The number of nitrogens with one attached hydrogen (secondary N) is 2. The summed E-state index contributed by atoms with van der Waals surface area (Å²) in [4.78, 5) is 22.6. The first-order chi connectivity index (χ1) is 18.5. The molecule has 3 heterocycles. The lowest BCUT2D eigenvalue weighted by molar-refractivity contribution is -0.120. The molecule has 0 spiro atoms. The van der Waals surface area contributed by atoms with Crippen molar-refractivity contribution in [2.24, 2.45) is 0 Å². The Kier molecular flexibility index (Phi) is 8.14. The van der Waals surface area contributed by atoms with Gasteiger partial charge in [0.1, 0.15) is 24.5 Å². The van der Waals surface area contributed by atoms with E-state index in [4.69, 9.17) is 16.3 Å². The van der Waals surface area contributed by atoms with Crippen LogP contribution in [0.4, 0.5) is 15.9 Å². The molecule has 10 heteroatoms. The molecule has 0 bridgehead atoms. The van der Waals surface area contributed by atoms with Crippen LogP contribution < -0.4 is 15.4 Å². The molecule has 0 fully saturated rings. The maximum Gasteiger partial charge on any atom is 0.226 e. The summed E-state index contributed by atoms with van der Waals surface area (Å²) in [7, 11) is 0. The number of ether oxygens (including phenoxy) is 1. The van der Waals surface area contributed by atoms with Crippen molar-refractivity contribution in [2.45, 2.75) is 13.0 Å². The molecule has 2 aromatic carbocycles. The van der Waals surface area contributed by atoms with Gasteiger partial charge in [0.05, 0.1) is 33.1 Å². The quantitative estimate of drug-likeness (QED) is 0.209. The molecule has 0 saturated carbocycles. The van der Waals surface area contributed by atoms with E-state index >= 15 is 0 Å². The average molecular weight is 563 g/mol. The standard InChI is InChI=1S/C28H20ClFN4O2S2/c29-23-13-20(8-9-25(23)36-16-18-4-1-5-19(30)12-18)34-28-27-24(32-17-33-28)14-22(38-27)6-2-10-31-26(35)15-21-7-3-11-37-21/h1,3-5,7-9,11-14,17H,10,15-16H2,(H,31,35)(H,32,33,34). The van der Waals surface area contributed by atoms with E-state index in [1.165, 1.54) is 29.8 Å². The van der Waals surface area contributed by atoms with Crippen LogP contribution in [0.5, 0.6) is 5.75 Å². The summed E-state index contributed by atoms with van der Waals surface area (Å²) in [5, 5.41) is 8.46. The van der Waals surface area contributed by atoms with Gasteiger partial charge in [-0.2, -0.15) is 0 Å². The molecule has 38 heavy (non-hydrogen) atoms. The van der Waals surface area contributed by atoms with Crippen LogP contribution in [0.25, 0.3) is 10.2 Å². The van der Waals surface area contributed by atoms with Crippen LogP contribution in [-0.4, -0.2) is 22.4 Å². The molecule has 0 radical (unpaired) electrons. The highest BCUT2D eigenvalue weighted by molar-refractivity contribution is 7.20. The van der Waals surface area contributed by atoms with Crippen LogP contribution in [0.15, 0.2) is 72.4 Å². The maximum absolute atomic E-state index is 13.4. The molecule has 5 aromatic rings. The van der Waals surface area contributed by atoms with Gasteiger partial charge in [-0.1, -0.05) is 41.6 Å². The molecule has 2 N–H and O–H groups in total. The van der Waals surface area contributed by atoms with E-state index in [-0.39, 0.29) is 24.9 Å². The van der Waals surface area contributed by atoms with Crippen LogP contribution in [0.1, 0.15) is 15.3 Å². The molecule has 5 rings (SSSR count). The van der Waals surface area contributed by atoms with Crippen molar-refractivity contribution >= 4 is 61.9 Å². The fraction of sp³-hybridized carbons (Fsp3) is 0.107. The Morgan fingerprint density at radius 3 is 2.84 bits per heavy atom. The van der Waals surface area contributed by atoms with E-state index < -0.39 is 0 Å². The van der Waals surface area contributed by atoms with Gasteiger partial charge in [0, 0.05) is 10.6 Å². The number of fused-ring (bicyclic) bond motifs is 1. The molecule has 3 aromatic heterocycles. The van der Waals surface area contributed by atoms with E-state index in [1.807, 2.05) is 29.6 Å². The zero-order chi connectivity index (χ0) is 26.3. The van der Waals surface area contributed by atoms with Gasteiger partial charge < -0.3 is 15.4 Å². The summed E-state index contributed by atoms with van der Waals surface area (Å²) in [5.41, 5.74) is 2.20. The minimum atomic E-state index is -0.313. The highest BCUT2D eigenvalue weighted by Crippen LogP contribution is 2.33. The minimum absolute atomic E-state index is 0.0560. The molecule has 0 atom stereocenters. The van der Waals surface area contributed by atoms with Crippen molar-refractivity contribution in [2.75, 3.05) is 11.9 Å². The van der Waals surface area contributed by atoms with Crippen LogP contribution in [0, 0.1) is 17.7 Å². The smallest absolute Gasteiger partial charge is 0.226 e. The van der Waals surface area contributed by atoms with Crippen molar-refractivity contribution in [3.8, 4) is 17.6 Å². The first-order valence-corrected chi connectivity index (χ1v) is 13.6. The Bertz CT molecular complexity index is 1640. The van der Waals surface area contributed by atoms with Gasteiger partial charge in [0.25, 0.3) is 0 Å². The summed E-state index contributed by atoms with van der Waals surface area (Å²) >= 11 is 9.45. The SMILES string of the molecule is O=C(Cc1cccs1)NCC#Cc1cc2ncnc(Nc3ccc(OCc4cccc(F)c4)c(Cl)c3)c2s1. The Hall–Kier alpha value is -3.97. The van der Waals surface area contributed by atoms with Crippen molar-refractivity contribution in [1.82, 2.24) is 15.3 Å². The lowest BCUT2D eigenvalue weighted by Crippen LogP contribution is -2.24. The zero-order valence-corrected chi connectivity index (χ0v) is 22.2. The molecule has 0 unspecified atom stereocenters. The van der Waals surface area contributed by atoms with Crippen LogP contribution in [0.2, 0.25) is 5.02 Å². The van der Waals surface area contributed by atoms with Gasteiger partial charge in [-0.15, -0.1) is 22.7 Å². The predicted octanol–water partition coefficient (Wildman–Crippen LogP) is 6.58. The molecule has 6 nitrogen and oxygen atoms in total. The van der Waals surface area contributed by atoms with E-state index in [0.29, 0.717) is 28.6 Å².